The predicted octanol–water partition coefficient (Wildman–Crippen LogP) is -0.141. The van der Waals surface area contributed by atoms with E-state index in [4.69, 9.17) is 20.2 Å². The summed E-state index contributed by atoms with van der Waals surface area (Å²) in [5.41, 5.74) is 0. The number of carbonyl (C=O) groups excluding carboxylic acids is 1. The minimum Gasteiger partial charge on any atom is -0.446 e. The molecule has 0 rings (SSSR count). The van der Waals surface area contributed by atoms with Gasteiger partial charge >= 0.3 is 15.3 Å². The number of hydrogen-bond acceptors (Lipinski definition) is 6. The van der Waals surface area contributed by atoms with Crippen LogP contribution in [0.2, 0.25) is 0 Å². The standard InChI is InChI=1S/C6H12ClNO6S/c1-12-2-3-13-4-5-14-6(9)8-15(7,10)11/h2-5H2,1H3,(H,8,9). The van der Waals surface area contributed by atoms with Gasteiger partial charge in [-0.25, -0.2) is 9.52 Å². The lowest BCUT2D eigenvalue weighted by molar-refractivity contribution is 0.0432. The lowest BCUT2D eigenvalue weighted by Gasteiger charge is -2.05. The Morgan fingerprint density at radius 1 is 1.27 bits per heavy atom. The fourth-order valence-corrected chi connectivity index (χ4v) is 1.01. The van der Waals surface area contributed by atoms with Gasteiger partial charge in [0.15, 0.2) is 0 Å². The largest absolute Gasteiger partial charge is 0.446 e. The van der Waals surface area contributed by atoms with Crippen LogP contribution in [-0.2, 0) is 23.4 Å². The van der Waals surface area contributed by atoms with Gasteiger partial charge in [-0.05, 0) is 0 Å². The van der Waals surface area contributed by atoms with Crippen molar-refractivity contribution >= 4 is 26.0 Å². The minimum atomic E-state index is -4.09. The Balaban J connectivity index is 3.40. The molecule has 1 N–H and O–H groups in total. The summed E-state index contributed by atoms with van der Waals surface area (Å²) in [6.45, 7) is 0.888. The summed E-state index contributed by atoms with van der Waals surface area (Å²) in [7, 11) is 2.16. The van der Waals surface area contributed by atoms with Crippen molar-refractivity contribution in [2.75, 3.05) is 33.5 Å². The molecule has 0 aromatic carbocycles. The number of rotatable bonds is 7. The summed E-state index contributed by atoms with van der Waals surface area (Å²) in [5.74, 6) is 0. The molecule has 0 radical (unpaired) electrons. The first-order valence-corrected chi connectivity index (χ1v) is 6.22. The van der Waals surface area contributed by atoms with Crippen molar-refractivity contribution in [1.29, 1.82) is 0 Å². The van der Waals surface area contributed by atoms with Gasteiger partial charge in [-0.3, -0.25) is 0 Å². The van der Waals surface area contributed by atoms with Gasteiger partial charge in [0.1, 0.15) is 6.61 Å². The van der Waals surface area contributed by atoms with Crippen LogP contribution >= 0.6 is 10.7 Å². The Bertz CT molecular complexity index is 279. The van der Waals surface area contributed by atoms with E-state index in [-0.39, 0.29) is 13.2 Å². The normalized spacial score (nSPS) is 11.1. The Morgan fingerprint density at radius 2 is 1.87 bits per heavy atom. The second-order valence-corrected chi connectivity index (χ2v) is 4.58. The van der Waals surface area contributed by atoms with E-state index in [1.54, 1.807) is 0 Å². The molecule has 0 bridgehead atoms. The molecule has 0 saturated heterocycles. The molecule has 0 saturated carbocycles. The first-order valence-electron chi connectivity index (χ1n) is 3.91. The zero-order valence-corrected chi connectivity index (χ0v) is 9.64. The van der Waals surface area contributed by atoms with Crippen LogP contribution in [0.15, 0.2) is 0 Å². The molecular weight excluding hydrogens is 250 g/mol. The molecular formula is C6H12ClNO6S. The molecule has 0 atom stereocenters. The van der Waals surface area contributed by atoms with Gasteiger partial charge in [0.25, 0.3) is 0 Å². The molecule has 1 amide bonds. The van der Waals surface area contributed by atoms with Gasteiger partial charge in [0.05, 0.1) is 19.8 Å². The first kappa shape index (κ1) is 14.4. The summed E-state index contributed by atoms with van der Waals surface area (Å²) >= 11 is 0. The summed E-state index contributed by atoms with van der Waals surface area (Å²) in [6, 6.07) is 0. The van der Waals surface area contributed by atoms with Crippen molar-refractivity contribution in [3.05, 3.63) is 0 Å². The Labute approximate surface area is 92.2 Å². The monoisotopic (exact) mass is 261 g/mol. The maximum Gasteiger partial charge on any atom is 0.421 e. The van der Waals surface area contributed by atoms with Crippen LogP contribution < -0.4 is 4.72 Å². The zero-order chi connectivity index (χ0) is 11.7. The lowest BCUT2D eigenvalue weighted by atomic mass is 10.7. The molecule has 0 aromatic rings. The van der Waals surface area contributed by atoms with E-state index in [2.05, 4.69) is 4.74 Å². The maximum atomic E-state index is 10.7. The predicted molar refractivity (Wildman–Crippen MR) is 52.0 cm³/mol. The fraction of sp³-hybridized carbons (Fsp3) is 0.833. The van der Waals surface area contributed by atoms with Crippen LogP contribution in [-0.4, -0.2) is 48.0 Å². The van der Waals surface area contributed by atoms with Gasteiger partial charge in [0.2, 0.25) is 0 Å². The number of ether oxygens (including phenoxy) is 3. The van der Waals surface area contributed by atoms with Gasteiger partial charge in [-0.2, -0.15) is 8.42 Å². The highest BCUT2D eigenvalue weighted by Gasteiger charge is 2.10. The summed E-state index contributed by atoms with van der Waals surface area (Å²) < 4.78 is 36.1. The summed E-state index contributed by atoms with van der Waals surface area (Å²) in [5, 5.41) is 0. The van der Waals surface area contributed by atoms with E-state index in [9.17, 15) is 13.2 Å². The van der Waals surface area contributed by atoms with E-state index in [0.717, 1.165) is 0 Å². The third-order valence-corrected chi connectivity index (χ3v) is 1.74. The molecule has 0 fully saturated rings. The first-order chi connectivity index (χ1) is 6.95. The van der Waals surface area contributed by atoms with Gasteiger partial charge in [-0.1, -0.05) is 0 Å². The molecule has 0 spiro atoms. The van der Waals surface area contributed by atoms with E-state index in [1.165, 1.54) is 11.8 Å². The van der Waals surface area contributed by atoms with Crippen LogP contribution in [0.1, 0.15) is 0 Å². The van der Waals surface area contributed by atoms with E-state index in [0.29, 0.717) is 13.2 Å². The quantitative estimate of drug-likeness (QED) is 0.507. The molecule has 90 valence electrons. The second kappa shape index (κ2) is 7.69. The SMILES string of the molecule is COCCOCCOC(=O)NS(=O)(=O)Cl. The topological polar surface area (TPSA) is 90.9 Å². The van der Waals surface area contributed by atoms with Crippen LogP contribution in [0.5, 0.6) is 0 Å². The molecule has 0 aliphatic heterocycles. The molecule has 7 nitrogen and oxygen atoms in total. The van der Waals surface area contributed by atoms with E-state index >= 15 is 0 Å². The Morgan fingerprint density at radius 3 is 2.40 bits per heavy atom. The number of halogens is 1. The van der Waals surface area contributed by atoms with Gasteiger partial charge in [-0.15, -0.1) is 0 Å². The molecule has 0 heterocycles. The van der Waals surface area contributed by atoms with E-state index in [1.807, 2.05) is 0 Å². The zero-order valence-electron chi connectivity index (χ0n) is 8.06. The number of nitrogens with one attached hydrogen (secondary N) is 1. The highest BCUT2D eigenvalue weighted by Crippen LogP contribution is 1.90. The fourth-order valence-electron chi connectivity index (χ4n) is 0.567. The minimum absolute atomic E-state index is 0.0675. The van der Waals surface area contributed by atoms with Gasteiger partial charge < -0.3 is 14.2 Å². The molecule has 15 heavy (non-hydrogen) atoms. The van der Waals surface area contributed by atoms with Crippen LogP contribution in [0.25, 0.3) is 0 Å². The van der Waals surface area contributed by atoms with Crippen LogP contribution in [0.4, 0.5) is 4.79 Å². The smallest absolute Gasteiger partial charge is 0.421 e. The number of methoxy groups -OCH3 is 1. The number of hydrogen-bond donors (Lipinski definition) is 1. The summed E-state index contributed by atoms with van der Waals surface area (Å²) in [4.78, 5) is 10.7. The Hall–Kier alpha value is -0.570. The van der Waals surface area contributed by atoms with E-state index < -0.39 is 15.3 Å². The van der Waals surface area contributed by atoms with Crippen LogP contribution in [0, 0.1) is 0 Å². The summed E-state index contributed by atoms with van der Waals surface area (Å²) in [6.07, 6.45) is -1.14. The van der Waals surface area contributed by atoms with Crippen LogP contribution in [0.3, 0.4) is 0 Å². The van der Waals surface area contributed by atoms with Crippen molar-refractivity contribution in [2.24, 2.45) is 0 Å². The van der Waals surface area contributed by atoms with Crippen molar-refractivity contribution in [3.8, 4) is 0 Å². The number of amides is 1. The maximum absolute atomic E-state index is 10.7. The van der Waals surface area contributed by atoms with Crippen molar-refractivity contribution in [2.45, 2.75) is 0 Å². The molecule has 0 unspecified atom stereocenters. The third kappa shape index (κ3) is 11.4. The highest BCUT2D eigenvalue weighted by molar-refractivity contribution is 8.12. The van der Waals surface area contributed by atoms with Crippen molar-refractivity contribution in [3.63, 3.8) is 0 Å². The molecule has 0 aliphatic rings. The molecule has 9 heteroatoms. The van der Waals surface area contributed by atoms with Crippen molar-refractivity contribution in [1.82, 2.24) is 4.72 Å². The molecule has 0 aromatic heterocycles. The second-order valence-electron chi connectivity index (χ2n) is 2.28. The van der Waals surface area contributed by atoms with Crippen molar-refractivity contribution < 1.29 is 27.4 Å². The average Bonchev–Trinajstić information content (AvgIpc) is 2.08. The lowest BCUT2D eigenvalue weighted by Crippen LogP contribution is -2.28. The third-order valence-electron chi connectivity index (χ3n) is 1.10. The highest BCUT2D eigenvalue weighted by atomic mass is 35.7. The number of carbonyl (C=O) groups is 1. The molecule has 0 aliphatic carbocycles. The average molecular weight is 262 g/mol. The van der Waals surface area contributed by atoms with Gasteiger partial charge in [0, 0.05) is 17.8 Å². The Kier molecular flexibility index (Phi) is 7.39.